The van der Waals surface area contributed by atoms with E-state index in [4.69, 9.17) is 33.2 Å². The SMILES string of the molecule is O=C(O)c1ccc(OCC(COc2ccc(C(=O)O)cc2)(COc2ccc(C(=O)O)cc2)COC(OC(=O)c2ccccc2)C(CO)(CO)C(OC(=O)c2ccccc2)Oc2ccc(C(=O)O)cc2)cc1. The zero-order chi connectivity index (χ0) is 51.0. The van der Waals surface area contributed by atoms with Crippen molar-refractivity contribution in [3.05, 3.63) is 191 Å². The molecule has 19 nitrogen and oxygen atoms in total. The van der Waals surface area contributed by atoms with Gasteiger partial charge in [0.1, 0.15) is 42.8 Å². The lowest BCUT2D eigenvalue weighted by molar-refractivity contribution is -0.274. The molecule has 0 heterocycles. The molecule has 0 aromatic heterocycles. The molecule has 0 fully saturated rings. The van der Waals surface area contributed by atoms with E-state index in [9.17, 15) is 59.4 Å². The first-order chi connectivity index (χ1) is 34.1. The number of carboxylic acid groups (broad SMARTS) is 4. The molecule has 0 aliphatic carbocycles. The predicted octanol–water partition coefficient (Wildman–Crippen LogP) is 6.44. The Hall–Kier alpha value is -8.78. The Morgan fingerprint density at radius 2 is 0.690 bits per heavy atom. The zero-order valence-corrected chi connectivity index (χ0v) is 37.4. The average molecular weight is 975 g/mol. The highest BCUT2D eigenvalue weighted by Crippen LogP contribution is 2.37. The van der Waals surface area contributed by atoms with Gasteiger partial charge in [-0.1, -0.05) is 36.4 Å². The maximum absolute atomic E-state index is 14.1. The summed E-state index contributed by atoms with van der Waals surface area (Å²) >= 11 is 0. The lowest BCUT2D eigenvalue weighted by atomic mass is 9.86. The van der Waals surface area contributed by atoms with Crippen LogP contribution >= 0.6 is 0 Å². The van der Waals surface area contributed by atoms with Crippen LogP contribution in [0, 0.1) is 10.8 Å². The number of carboxylic acids is 4. The van der Waals surface area contributed by atoms with E-state index in [0.717, 1.165) is 0 Å². The molecule has 6 aromatic rings. The van der Waals surface area contributed by atoms with Gasteiger partial charge in [-0.3, -0.25) is 0 Å². The second-order valence-electron chi connectivity index (χ2n) is 15.9. The maximum atomic E-state index is 14.1. The van der Waals surface area contributed by atoms with Crippen LogP contribution in [0.2, 0.25) is 0 Å². The van der Waals surface area contributed by atoms with Crippen molar-refractivity contribution in [3.8, 4) is 23.0 Å². The summed E-state index contributed by atoms with van der Waals surface area (Å²) in [6.45, 7) is -4.32. The molecular formula is C52H46O19. The molecule has 0 spiro atoms. The van der Waals surface area contributed by atoms with Gasteiger partial charge in [0.2, 0.25) is 6.29 Å². The van der Waals surface area contributed by atoms with E-state index in [1.54, 1.807) is 24.3 Å². The quantitative estimate of drug-likeness (QED) is 0.0252. The first kappa shape index (κ1) is 51.6. The van der Waals surface area contributed by atoms with Crippen LogP contribution in [0.1, 0.15) is 62.1 Å². The van der Waals surface area contributed by atoms with Gasteiger partial charge in [0.15, 0.2) is 5.41 Å². The summed E-state index contributed by atoms with van der Waals surface area (Å²) in [7, 11) is 0. The molecule has 0 aliphatic heterocycles. The minimum absolute atomic E-state index is 0.000443. The van der Waals surface area contributed by atoms with Crippen LogP contribution in [0.25, 0.3) is 0 Å². The highest BCUT2D eigenvalue weighted by Gasteiger charge is 2.54. The third kappa shape index (κ3) is 13.7. The Kier molecular flexibility index (Phi) is 17.4. The Labute approximate surface area is 404 Å². The fourth-order valence-corrected chi connectivity index (χ4v) is 6.61. The highest BCUT2D eigenvalue weighted by molar-refractivity contribution is 5.91. The molecule has 71 heavy (non-hydrogen) atoms. The van der Waals surface area contributed by atoms with Crippen molar-refractivity contribution in [1.82, 2.24) is 0 Å². The van der Waals surface area contributed by atoms with E-state index in [1.165, 1.54) is 133 Å². The fraction of sp³-hybridized carbons (Fsp3) is 0.192. The number of hydrogen-bond donors (Lipinski definition) is 6. The second-order valence-corrected chi connectivity index (χ2v) is 15.9. The zero-order valence-electron chi connectivity index (χ0n) is 37.4. The molecule has 6 N–H and O–H groups in total. The summed E-state index contributed by atoms with van der Waals surface area (Å²) in [5.74, 6) is -6.63. The Bertz CT molecular complexity index is 2590. The first-order valence-corrected chi connectivity index (χ1v) is 21.4. The summed E-state index contributed by atoms with van der Waals surface area (Å²) in [4.78, 5) is 74.6. The first-order valence-electron chi connectivity index (χ1n) is 21.4. The second kappa shape index (κ2) is 24.0. The van der Waals surface area contributed by atoms with Crippen LogP contribution in [-0.4, -0.2) is 119 Å². The number of esters is 2. The number of aromatic carboxylic acids is 4. The molecule has 6 rings (SSSR count). The molecule has 368 valence electrons. The van der Waals surface area contributed by atoms with Gasteiger partial charge >= 0.3 is 35.8 Å². The molecular weight excluding hydrogens is 929 g/mol. The van der Waals surface area contributed by atoms with E-state index in [1.807, 2.05) is 0 Å². The lowest BCUT2D eigenvalue weighted by Crippen LogP contribution is -2.58. The minimum Gasteiger partial charge on any atom is -0.493 e. The molecule has 0 radical (unpaired) electrons. The number of ether oxygens (including phenoxy) is 7. The number of carbonyl (C=O) groups is 6. The Morgan fingerprint density at radius 1 is 0.380 bits per heavy atom. The summed E-state index contributed by atoms with van der Waals surface area (Å²) in [5, 5.41) is 61.1. The fourth-order valence-electron chi connectivity index (χ4n) is 6.61. The van der Waals surface area contributed by atoms with Gasteiger partial charge in [0.05, 0.1) is 58.6 Å². The van der Waals surface area contributed by atoms with E-state index in [-0.39, 0.29) is 56.4 Å². The monoisotopic (exact) mass is 974 g/mol. The number of benzene rings is 6. The van der Waals surface area contributed by atoms with Crippen molar-refractivity contribution in [1.29, 1.82) is 0 Å². The summed E-state index contributed by atoms with van der Waals surface area (Å²) in [6.07, 6.45) is -4.24. The minimum atomic E-state index is -2.46. The molecule has 0 saturated carbocycles. The normalized spacial score (nSPS) is 12.1. The van der Waals surface area contributed by atoms with Crippen molar-refractivity contribution in [2.75, 3.05) is 39.6 Å². The van der Waals surface area contributed by atoms with Crippen molar-refractivity contribution in [3.63, 3.8) is 0 Å². The standard InChI is InChI=1S/C52H46O19/c53-27-52(28-54,50(71-48(64)38-9-5-2-6-10-38)69-42-25-17-36(18-26-42)46(61)62)49(70-47(63)37-7-3-1-4-8-37)68-32-51(29-65-39-19-11-33(12-20-39)43(55)56,30-66-40-21-13-34(14-22-40)44(57)58)31-67-41-23-15-35(16-24-41)45(59)60/h1-26,49-50,53-54H,27-32H2,(H,55,56)(H,57,58)(H,59,60)(H,61,62). The van der Waals surface area contributed by atoms with Gasteiger partial charge in [-0.15, -0.1) is 0 Å². The Morgan fingerprint density at radius 3 is 1.00 bits per heavy atom. The molecule has 0 aliphatic rings. The van der Waals surface area contributed by atoms with Crippen LogP contribution in [0.5, 0.6) is 23.0 Å². The molecule has 0 saturated heterocycles. The number of hydrogen-bond acceptors (Lipinski definition) is 15. The van der Waals surface area contributed by atoms with Crippen LogP contribution in [0.3, 0.4) is 0 Å². The number of aliphatic hydroxyl groups excluding tert-OH is 2. The topological polar surface area (TPSA) is 288 Å². The maximum Gasteiger partial charge on any atom is 0.341 e. The summed E-state index contributed by atoms with van der Waals surface area (Å²) < 4.78 is 43.3. The van der Waals surface area contributed by atoms with Crippen molar-refractivity contribution in [2.45, 2.75) is 12.6 Å². The third-order valence-electron chi connectivity index (χ3n) is 10.8. The van der Waals surface area contributed by atoms with Crippen LogP contribution in [0.15, 0.2) is 158 Å². The smallest absolute Gasteiger partial charge is 0.341 e. The highest BCUT2D eigenvalue weighted by atomic mass is 16.7. The van der Waals surface area contributed by atoms with Crippen LogP contribution < -0.4 is 18.9 Å². The van der Waals surface area contributed by atoms with Crippen LogP contribution in [-0.2, 0) is 14.2 Å². The molecule has 0 amide bonds. The largest absolute Gasteiger partial charge is 0.493 e. The summed E-state index contributed by atoms with van der Waals surface area (Å²) in [6, 6.07) is 35.9. The van der Waals surface area contributed by atoms with Crippen molar-refractivity contribution >= 4 is 35.8 Å². The van der Waals surface area contributed by atoms with E-state index in [0.29, 0.717) is 0 Å². The predicted molar refractivity (Wildman–Crippen MR) is 247 cm³/mol. The van der Waals surface area contributed by atoms with Crippen LogP contribution in [0.4, 0.5) is 0 Å². The molecule has 0 bridgehead atoms. The van der Waals surface area contributed by atoms with Gasteiger partial charge in [0, 0.05) is 0 Å². The average Bonchev–Trinajstić information content (AvgIpc) is 3.39. The van der Waals surface area contributed by atoms with Gasteiger partial charge in [0.25, 0.3) is 6.29 Å². The van der Waals surface area contributed by atoms with Crippen molar-refractivity contribution < 1.29 is 92.6 Å². The van der Waals surface area contributed by atoms with Gasteiger partial charge in [-0.2, -0.15) is 0 Å². The van der Waals surface area contributed by atoms with E-state index in [2.05, 4.69) is 0 Å². The molecule has 2 unspecified atom stereocenters. The molecule has 19 heteroatoms. The third-order valence-corrected chi connectivity index (χ3v) is 10.8. The Balaban J connectivity index is 1.47. The number of rotatable bonds is 26. The number of aliphatic hydroxyl groups is 2. The van der Waals surface area contributed by atoms with Gasteiger partial charge < -0.3 is 63.8 Å². The van der Waals surface area contributed by atoms with Gasteiger partial charge in [-0.25, -0.2) is 28.8 Å². The van der Waals surface area contributed by atoms with Crippen molar-refractivity contribution in [2.24, 2.45) is 10.8 Å². The summed E-state index contributed by atoms with van der Waals surface area (Å²) in [5.41, 5.74) is -4.40. The van der Waals surface area contributed by atoms with E-state index >= 15 is 0 Å². The molecule has 6 aromatic carbocycles. The van der Waals surface area contributed by atoms with E-state index < -0.39 is 98.9 Å². The number of carbonyl (C=O) groups excluding carboxylic acids is 2. The lowest BCUT2D eigenvalue weighted by Gasteiger charge is -2.42. The van der Waals surface area contributed by atoms with Gasteiger partial charge in [-0.05, 0) is 121 Å². The molecule has 2 atom stereocenters.